The number of benzene rings is 1. The summed E-state index contributed by atoms with van der Waals surface area (Å²) in [5.74, 6) is 1.15. The number of nitrogens with one attached hydrogen (secondary N) is 1. The minimum Gasteiger partial charge on any atom is -0.486 e. The van der Waals surface area contributed by atoms with E-state index in [1.54, 1.807) is 24.3 Å². The topological polar surface area (TPSA) is 55.4 Å². The van der Waals surface area contributed by atoms with Gasteiger partial charge >= 0.3 is 0 Å². The first-order chi connectivity index (χ1) is 11.1. The number of fused-ring (bicyclic) bond motifs is 3. The fourth-order valence-electron chi connectivity index (χ4n) is 4.43. The highest BCUT2D eigenvalue weighted by Crippen LogP contribution is 2.65. The van der Waals surface area contributed by atoms with Crippen LogP contribution >= 0.6 is 11.6 Å². The summed E-state index contributed by atoms with van der Waals surface area (Å²) in [5.41, 5.74) is 0.0403. The van der Waals surface area contributed by atoms with Gasteiger partial charge in [-0.15, -0.1) is 6.58 Å². The van der Waals surface area contributed by atoms with Gasteiger partial charge < -0.3 is 10.1 Å². The van der Waals surface area contributed by atoms with E-state index in [0.717, 1.165) is 12.8 Å². The van der Waals surface area contributed by atoms with E-state index in [1.807, 2.05) is 0 Å². The van der Waals surface area contributed by atoms with Gasteiger partial charge in [0.1, 0.15) is 11.4 Å². The molecule has 0 bridgehead atoms. The standard InChI is InChI=1S/C18H18ClNO3/c1-2-7-20-17(22)15-11-5-6-18(16(11)15)9-13(21)12-8-10(19)3-4-14(12)23-18/h2-4,8,11,15-16H,1,5-7,9H2,(H,20,22)/t11-,15-,16-,18+/m0/s1. The molecule has 0 aromatic heterocycles. The zero-order chi connectivity index (χ0) is 16.2. The molecule has 2 saturated carbocycles. The van der Waals surface area contributed by atoms with Gasteiger partial charge in [-0.05, 0) is 37.0 Å². The first-order valence-corrected chi connectivity index (χ1v) is 8.34. The van der Waals surface area contributed by atoms with E-state index in [4.69, 9.17) is 16.3 Å². The Bertz CT molecular complexity index is 716. The lowest BCUT2D eigenvalue weighted by molar-refractivity contribution is -0.123. The van der Waals surface area contributed by atoms with Crippen molar-refractivity contribution in [3.05, 3.63) is 41.4 Å². The zero-order valence-electron chi connectivity index (χ0n) is 12.7. The van der Waals surface area contributed by atoms with Crippen LogP contribution in [0.5, 0.6) is 5.75 Å². The molecule has 5 heteroatoms. The van der Waals surface area contributed by atoms with Gasteiger partial charge in [-0.25, -0.2) is 0 Å². The van der Waals surface area contributed by atoms with E-state index >= 15 is 0 Å². The van der Waals surface area contributed by atoms with Crippen LogP contribution in [0.25, 0.3) is 0 Å². The van der Waals surface area contributed by atoms with Crippen LogP contribution in [-0.2, 0) is 4.79 Å². The van der Waals surface area contributed by atoms with E-state index < -0.39 is 5.60 Å². The van der Waals surface area contributed by atoms with Gasteiger partial charge in [-0.1, -0.05) is 17.7 Å². The minimum atomic E-state index is -0.515. The van der Waals surface area contributed by atoms with Crippen molar-refractivity contribution >= 4 is 23.3 Å². The number of halogens is 1. The Hall–Kier alpha value is -1.81. The number of hydrogen-bond donors (Lipinski definition) is 1. The van der Waals surface area contributed by atoms with Gasteiger partial charge in [-0.3, -0.25) is 9.59 Å². The number of ether oxygens (including phenoxy) is 1. The third-order valence-electron chi connectivity index (χ3n) is 5.42. The maximum atomic E-state index is 12.6. The van der Waals surface area contributed by atoms with E-state index in [1.165, 1.54) is 0 Å². The summed E-state index contributed by atoms with van der Waals surface area (Å²) < 4.78 is 6.26. The second kappa shape index (κ2) is 5.10. The number of carbonyl (C=O) groups excluding carboxylic acids is 2. The van der Waals surface area contributed by atoms with Gasteiger partial charge in [-0.2, -0.15) is 0 Å². The first-order valence-electron chi connectivity index (χ1n) is 7.96. The average Bonchev–Trinajstić information content (AvgIpc) is 3.18. The summed E-state index contributed by atoms with van der Waals surface area (Å²) in [6, 6.07) is 5.17. The van der Waals surface area contributed by atoms with Crippen molar-refractivity contribution in [2.45, 2.75) is 24.9 Å². The number of hydrogen-bond acceptors (Lipinski definition) is 3. The highest BCUT2D eigenvalue weighted by molar-refractivity contribution is 6.31. The molecule has 1 amide bonds. The molecular formula is C18H18ClNO3. The normalized spacial score (nSPS) is 33.6. The van der Waals surface area contributed by atoms with Crippen LogP contribution in [0.1, 0.15) is 29.6 Å². The van der Waals surface area contributed by atoms with Crippen molar-refractivity contribution in [2.75, 3.05) is 6.54 Å². The van der Waals surface area contributed by atoms with Crippen LogP contribution < -0.4 is 10.1 Å². The van der Waals surface area contributed by atoms with Crippen LogP contribution in [0.2, 0.25) is 5.02 Å². The van der Waals surface area contributed by atoms with Crippen molar-refractivity contribution in [1.82, 2.24) is 5.32 Å². The molecule has 1 heterocycles. The van der Waals surface area contributed by atoms with E-state index in [9.17, 15) is 9.59 Å². The van der Waals surface area contributed by atoms with Crippen LogP contribution in [0, 0.1) is 17.8 Å². The maximum Gasteiger partial charge on any atom is 0.224 e. The number of ketones is 1. The predicted octanol–water partition coefficient (Wildman–Crippen LogP) is 3.00. The Kier molecular flexibility index (Phi) is 3.27. The Balaban J connectivity index is 1.59. The smallest absolute Gasteiger partial charge is 0.224 e. The number of rotatable bonds is 3. The van der Waals surface area contributed by atoms with Crippen molar-refractivity contribution in [1.29, 1.82) is 0 Å². The molecule has 1 aromatic carbocycles. The quantitative estimate of drug-likeness (QED) is 0.866. The lowest BCUT2D eigenvalue weighted by atomic mass is 9.84. The summed E-state index contributed by atoms with van der Waals surface area (Å²) in [6.45, 7) is 4.09. The van der Waals surface area contributed by atoms with Crippen molar-refractivity contribution in [2.24, 2.45) is 17.8 Å². The Labute approximate surface area is 139 Å². The second-order valence-electron chi connectivity index (χ2n) is 6.70. The molecule has 1 aliphatic heterocycles. The molecule has 4 nitrogen and oxygen atoms in total. The van der Waals surface area contributed by atoms with E-state index in [-0.39, 0.29) is 23.5 Å². The molecular weight excluding hydrogens is 314 g/mol. The monoisotopic (exact) mass is 331 g/mol. The SMILES string of the molecule is C=CCNC(=O)[C@H]1[C@@H]2CC[C@@]3(CC(=O)c4cc(Cl)ccc4O3)[C@@H]21. The molecule has 0 radical (unpaired) electrons. The lowest BCUT2D eigenvalue weighted by Crippen LogP contribution is -2.44. The third-order valence-corrected chi connectivity index (χ3v) is 5.65. The Morgan fingerprint density at radius 3 is 3.13 bits per heavy atom. The molecule has 2 aliphatic carbocycles. The Morgan fingerprint density at radius 2 is 2.35 bits per heavy atom. The van der Waals surface area contributed by atoms with Gasteiger partial charge in [0.05, 0.1) is 12.0 Å². The van der Waals surface area contributed by atoms with Crippen molar-refractivity contribution in [3.8, 4) is 5.75 Å². The molecule has 1 N–H and O–H groups in total. The van der Waals surface area contributed by atoms with Crippen molar-refractivity contribution in [3.63, 3.8) is 0 Å². The minimum absolute atomic E-state index is 0.0367. The summed E-state index contributed by atoms with van der Waals surface area (Å²) in [6.07, 6.45) is 3.79. The zero-order valence-corrected chi connectivity index (χ0v) is 13.4. The first kappa shape index (κ1) is 14.8. The van der Waals surface area contributed by atoms with Crippen LogP contribution in [-0.4, -0.2) is 23.8 Å². The molecule has 4 rings (SSSR count). The highest BCUT2D eigenvalue weighted by Gasteiger charge is 2.70. The summed E-state index contributed by atoms with van der Waals surface area (Å²) in [7, 11) is 0. The van der Waals surface area contributed by atoms with E-state index in [2.05, 4.69) is 11.9 Å². The molecule has 3 aliphatic rings. The lowest BCUT2D eigenvalue weighted by Gasteiger charge is -2.37. The fourth-order valence-corrected chi connectivity index (χ4v) is 4.60. The maximum absolute atomic E-state index is 12.6. The van der Waals surface area contributed by atoms with E-state index in [0.29, 0.717) is 35.2 Å². The molecule has 1 spiro atoms. The second-order valence-corrected chi connectivity index (χ2v) is 7.13. The average molecular weight is 332 g/mol. The largest absolute Gasteiger partial charge is 0.486 e. The van der Waals surface area contributed by atoms with Gasteiger partial charge in [0.2, 0.25) is 5.91 Å². The number of amides is 1. The summed E-state index contributed by atoms with van der Waals surface area (Å²) in [5, 5.41) is 3.40. The van der Waals surface area contributed by atoms with Crippen molar-refractivity contribution < 1.29 is 14.3 Å². The molecule has 0 saturated heterocycles. The van der Waals surface area contributed by atoms with Gasteiger partial charge in [0.25, 0.3) is 0 Å². The third kappa shape index (κ3) is 2.19. The molecule has 23 heavy (non-hydrogen) atoms. The molecule has 0 unspecified atom stereocenters. The predicted molar refractivity (Wildman–Crippen MR) is 86.7 cm³/mol. The number of carbonyl (C=O) groups is 2. The number of Topliss-reactive ketones (excluding diaryl/α,β-unsaturated/α-hetero) is 1. The molecule has 4 atom stereocenters. The molecule has 120 valence electrons. The van der Waals surface area contributed by atoms with Crippen LogP contribution in [0.15, 0.2) is 30.9 Å². The van der Waals surface area contributed by atoms with Crippen LogP contribution in [0.4, 0.5) is 0 Å². The Morgan fingerprint density at radius 1 is 1.52 bits per heavy atom. The fraction of sp³-hybridized carbons (Fsp3) is 0.444. The highest BCUT2D eigenvalue weighted by atomic mass is 35.5. The molecule has 1 aromatic rings. The molecule has 2 fully saturated rings. The van der Waals surface area contributed by atoms with Gasteiger partial charge in [0.15, 0.2) is 5.78 Å². The summed E-state index contributed by atoms with van der Waals surface area (Å²) in [4.78, 5) is 24.8. The van der Waals surface area contributed by atoms with Gasteiger partial charge in [0, 0.05) is 23.4 Å². The van der Waals surface area contributed by atoms with Crippen LogP contribution in [0.3, 0.4) is 0 Å². The summed E-state index contributed by atoms with van der Waals surface area (Å²) >= 11 is 5.97.